The van der Waals surface area contributed by atoms with Gasteiger partial charge in [-0.25, -0.2) is 4.79 Å². The molecule has 37 heavy (non-hydrogen) atoms. The standard InChI is InChI=1S/C31H27NO5/c33-30(34)18-29(22-11-8-12-23(17-22)36-19-21-9-2-1-3-10-21)32-31(35)37-20-28-26-15-6-4-13-24(26)25-14-5-7-16-27(25)28/h1-17,28-29H,18-20H2,(H,32,35)(H,33,34)/t29-/m1/s1. The van der Waals surface area contributed by atoms with Gasteiger partial charge in [-0.05, 0) is 45.5 Å². The Morgan fingerprint density at radius 2 is 1.46 bits per heavy atom. The number of hydrogen-bond acceptors (Lipinski definition) is 4. The van der Waals surface area contributed by atoms with Gasteiger partial charge in [0.25, 0.3) is 0 Å². The molecule has 0 aromatic heterocycles. The lowest BCUT2D eigenvalue weighted by molar-refractivity contribution is -0.137. The van der Waals surface area contributed by atoms with Crippen LogP contribution < -0.4 is 10.1 Å². The molecule has 0 unspecified atom stereocenters. The Hall–Kier alpha value is -4.58. The van der Waals surface area contributed by atoms with Crippen LogP contribution >= 0.6 is 0 Å². The van der Waals surface area contributed by atoms with Gasteiger partial charge in [0, 0.05) is 5.92 Å². The van der Waals surface area contributed by atoms with E-state index in [0.717, 1.165) is 27.8 Å². The Balaban J connectivity index is 1.26. The fraction of sp³-hybridized carbons (Fsp3) is 0.161. The number of hydrogen-bond donors (Lipinski definition) is 2. The highest BCUT2D eigenvalue weighted by Gasteiger charge is 2.29. The van der Waals surface area contributed by atoms with Crippen molar-refractivity contribution in [3.05, 3.63) is 125 Å². The lowest BCUT2D eigenvalue weighted by atomic mass is 9.98. The van der Waals surface area contributed by atoms with Gasteiger partial charge in [-0.2, -0.15) is 0 Å². The van der Waals surface area contributed by atoms with E-state index >= 15 is 0 Å². The second-order valence-electron chi connectivity index (χ2n) is 8.97. The quantitative estimate of drug-likeness (QED) is 0.285. The van der Waals surface area contributed by atoms with Crippen molar-refractivity contribution in [1.29, 1.82) is 0 Å². The summed E-state index contributed by atoms with van der Waals surface area (Å²) in [5.41, 5.74) is 6.16. The number of carboxylic acids is 1. The molecule has 1 amide bonds. The number of nitrogens with one attached hydrogen (secondary N) is 1. The van der Waals surface area contributed by atoms with E-state index < -0.39 is 18.1 Å². The average molecular weight is 494 g/mol. The van der Waals surface area contributed by atoms with Crippen molar-refractivity contribution >= 4 is 12.1 Å². The maximum absolute atomic E-state index is 12.8. The molecule has 0 aliphatic heterocycles. The second-order valence-corrected chi connectivity index (χ2v) is 8.97. The minimum atomic E-state index is -1.03. The molecular formula is C31H27NO5. The van der Waals surface area contributed by atoms with Crippen LogP contribution in [-0.4, -0.2) is 23.8 Å². The number of benzene rings is 4. The van der Waals surface area contributed by atoms with Crippen LogP contribution in [0.2, 0.25) is 0 Å². The van der Waals surface area contributed by atoms with Crippen LogP contribution in [0.15, 0.2) is 103 Å². The molecule has 0 radical (unpaired) electrons. The first-order valence-corrected chi connectivity index (χ1v) is 12.2. The van der Waals surface area contributed by atoms with Gasteiger partial charge in [-0.1, -0.05) is 91.0 Å². The first-order valence-electron chi connectivity index (χ1n) is 12.2. The SMILES string of the molecule is O=C(O)C[C@@H](NC(=O)OCC1c2ccccc2-c2ccccc21)c1cccc(OCc2ccccc2)c1. The molecule has 1 aliphatic carbocycles. The van der Waals surface area contributed by atoms with Gasteiger partial charge < -0.3 is 19.9 Å². The summed E-state index contributed by atoms with van der Waals surface area (Å²) in [6.07, 6.45) is -0.949. The van der Waals surface area contributed by atoms with Gasteiger partial charge in [0.15, 0.2) is 0 Å². The summed E-state index contributed by atoms with van der Waals surface area (Å²) in [6, 6.07) is 32.3. The largest absolute Gasteiger partial charge is 0.489 e. The van der Waals surface area contributed by atoms with E-state index in [0.29, 0.717) is 17.9 Å². The Morgan fingerprint density at radius 3 is 2.14 bits per heavy atom. The molecule has 5 rings (SSSR count). The van der Waals surface area contributed by atoms with Crippen molar-refractivity contribution in [3.63, 3.8) is 0 Å². The Kier molecular flexibility index (Phi) is 7.17. The van der Waals surface area contributed by atoms with Crippen molar-refractivity contribution in [3.8, 4) is 16.9 Å². The summed E-state index contributed by atoms with van der Waals surface area (Å²) in [5, 5.41) is 12.2. The van der Waals surface area contributed by atoms with Crippen LogP contribution in [0.3, 0.4) is 0 Å². The zero-order chi connectivity index (χ0) is 25.6. The van der Waals surface area contributed by atoms with Gasteiger partial charge >= 0.3 is 12.1 Å². The molecule has 4 aromatic carbocycles. The molecule has 1 atom stereocenters. The van der Waals surface area contributed by atoms with Gasteiger partial charge in [0.2, 0.25) is 0 Å². The molecule has 1 aliphatic rings. The number of amides is 1. The van der Waals surface area contributed by atoms with Crippen LogP contribution in [0.4, 0.5) is 4.79 Å². The Bertz CT molecular complexity index is 1360. The topological polar surface area (TPSA) is 84.9 Å². The van der Waals surface area contributed by atoms with E-state index in [1.807, 2.05) is 54.6 Å². The van der Waals surface area contributed by atoms with E-state index in [4.69, 9.17) is 9.47 Å². The third kappa shape index (κ3) is 5.64. The van der Waals surface area contributed by atoms with Crippen molar-refractivity contribution in [2.45, 2.75) is 25.0 Å². The molecule has 0 fully saturated rings. The van der Waals surface area contributed by atoms with Crippen molar-refractivity contribution in [1.82, 2.24) is 5.32 Å². The zero-order valence-electron chi connectivity index (χ0n) is 20.2. The lowest BCUT2D eigenvalue weighted by Crippen LogP contribution is -2.31. The Labute approximate surface area is 215 Å². The first kappa shape index (κ1) is 24.1. The summed E-state index contributed by atoms with van der Waals surface area (Å²) in [6.45, 7) is 0.535. The van der Waals surface area contributed by atoms with Crippen molar-refractivity contribution in [2.24, 2.45) is 0 Å². The van der Waals surface area contributed by atoms with Crippen LogP contribution in [-0.2, 0) is 16.1 Å². The number of rotatable bonds is 9. The highest BCUT2D eigenvalue weighted by Crippen LogP contribution is 2.44. The summed E-state index contributed by atoms with van der Waals surface area (Å²) in [5.74, 6) is -0.517. The molecule has 0 saturated carbocycles. The summed E-state index contributed by atoms with van der Waals surface area (Å²) >= 11 is 0. The summed E-state index contributed by atoms with van der Waals surface area (Å²) < 4.78 is 11.5. The Morgan fingerprint density at radius 1 is 0.811 bits per heavy atom. The molecular weight excluding hydrogens is 466 g/mol. The molecule has 4 aromatic rings. The maximum atomic E-state index is 12.8. The first-order chi connectivity index (χ1) is 18.1. The lowest BCUT2D eigenvalue weighted by Gasteiger charge is -2.20. The number of ether oxygens (including phenoxy) is 2. The molecule has 0 saturated heterocycles. The van der Waals surface area contributed by atoms with Crippen LogP contribution in [0.25, 0.3) is 11.1 Å². The summed E-state index contributed by atoms with van der Waals surface area (Å²) in [7, 11) is 0. The van der Waals surface area contributed by atoms with Gasteiger partial charge in [0.1, 0.15) is 19.0 Å². The van der Waals surface area contributed by atoms with Gasteiger partial charge in [-0.15, -0.1) is 0 Å². The van der Waals surface area contributed by atoms with Crippen LogP contribution in [0.1, 0.15) is 40.6 Å². The highest BCUT2D eigenvalue weighted by molar-refractivity contribution is 5.79. The number of alkyl carbamates (subject to hydrolysis) is 1. The van der Waals surface area contributed by atoms with Gasteiger partial charge in [-0.3, -0.25) is 4.79 Å². The number of carbonyl (C=O) groups is 2. The fourth-order valence-corrected chi connectivity index (χ4v) is 4.77. The van der Waals surface area contributed by atoms with E-state index in [1.165, 1.54) is 0 Å². The molecule has 2 N–H and O–H groups in total. The van der Waals surface area contributed by atoms with Crippen LogP contribution in [0.5, 0.6) is 5.75 Å². The maximum Gasteiger partial charge on any atom is 0.407 e. The van der Waals surface area contributed by atoms with E-state index in [9.17, 15) is 14.7 Å². The second kappa shape index (κ2) is 11.0. The molecule has 186 valence electrons. The third-order valence-electron chi connectivity index (χ3n) is 6.52. The summed E-state index contributed by atoms with van der Waals surface area (Å²) in [4.78, 5) is 24.4. The average Bonchev–Trinajstić information content (AvgIpc) is 3.24. The third-order valence-corrected chi connectivity index (χ3v) is 6.52. The molecule has 0 heterocycles. The molecule has 6 heteroatoms. The monoisotopic (exact) mass is 493 g/mol. The molecule has 0 spiro atoms. The normalized spacial score (nSPS) is 12.8. The predicted molar refractivity (Wildman–Crippen MR) is 140 cm³/mol. The number of aliphatic carboxylic acids is 1. The zero-order valence-corrected chi connectivity index (χ0v) is 20.2. The number of carbonyl (C=O) groups excluding carboxylic acids is 1. The molecule has 6 nitrogen and oxygen atoms in total. The highest BCUT2D eigenvalue weighted by atomic mass is 16.5. The minimum absolute atomic E-state index is 0.0780. The predicted octanol–water partition coefficient (Wildman–Crippen LogP) is 6.32. The minimum Gasteiger partial charge on any atom is -0.489 e. The van der Waals surface area contributed by atoms with Crippen molar-refractivity contribution in [2.75, 3.05) is 6.61 Å². The van der Waals surface area contributed by atoms with Crippen molar-refractivity contribution < 1.29 is 24.2 Å². The fourth-order valence-electron chi connectivity index (χ4n) is 4.77. The molecule has 0 bridgehead atoms. The van der Waals surface area contributed by atoms with E-state index in [-0.39, 0.29) is 18.9 Å². The number of fused-ring (bicyclic) bond motifs is 3. The van der Waals surface area contributed by atoms with Gasteiger partial charge in [0.05, 0.1) is 12.5 Å². The van der Waals surface area contributed by atoms with E-state index in [1.54, 1.807) is 24.3 Å². The number of carboxylic acid groups (broad SMARTS) is 1. The smallest absolute Gasteiger partial charge is 0.407 e. The van der Waals surface area contributed by atoms with Crippen LogP contribution in [0, 0.1) is 0 Å². The van der Waals surface area contributed by atoms with E-state index in [2.05, 4.69) is 29.6 Å².